The van der Waals surface area contributed by atoms with E-state index in [1.807, 2.05) is 0 Å². The largest absolute Gasteiger partial charge is 0.374 e. The van der Waals surface area contributed by atoms with Crippen molar-refractivity contribution < 1.29 is 9.53 Å². The van der Waals surface area contributed by atoms with Crippen molar-refractivity contribution in [1.82, 2.24) is 0 Å². The van der Waals surface area contributed by atoms with Gasteiger partial charge in [-0.1, -0.05) is 25.8 Å². The SMILES string of the molecule is CCC1CC2=CC(=O)CC[C@@H]2C2CC[C@@]3(CC)C(C12)[C@@H]1C[C@@H]1[C@@]31CCCO1. The summed E-state index contributed by atoms with van der Waals surface area (Å²) in [6.45, 7) is 5.91. The Morgan fingerprint density at radius 1 is 1.19 bits per heavy atom. The maximum absolute atomic E-state index is 12.1. The number of rotatable bonds is 2. The average Bonchev–Trinajstić information content (AvgIpc) is 3.26. The minimum absolute atomic E-state index is 0.249. The summed E-state index contributed by atoms with van der Waals surface area (Å²) >= 11 is 0. The summed E-state index contributed by atoms with van der Waals surface area (Å²) in [5.41, 5.74) is 2.26. The normalized spacial score (nSPS) is 55.6. The zero-order chi connectivity index (χ0) is 18.4. The van der Waals surface area contributed by atoms with Crippen LogP contribution in [-0.2, 0) is 9.53 Å². The molecule has 5 aliphatic carbocycles. The first-order chi connectivity index (χ1) is 13.1. The van der Waals surface area contributed by atoms with Gasteiger partial charge < -0.3 is 4.74 Å². The molecule has 1 aliphatic heterocycles. The van der Waals surface area contributed by atoms with Gasteiger partial charge in [-0.15, -0.1) is 0 Å². The van der Waals surface area contributed by atoms with E-state index in [9.17, 15) is 4.79 Å². The number of hydrogen-bond acceptors (Lipinski definition) is 2. The van der Waals surface area contributed by atoms with Crippen LogP contribution in [0.15, 0.2) is 11.6 Å². The van der Waals surface area contributed by atoms with Crippen molar-refractivity contribution in [2.45, 2.75) is 83.7 Å². The van der Waals surface area contributed by atoms with Crippen molar-refractivity contribution in [1.29, 1.82) is 0 Å². The molecule has 1 spiro atoms. The highest BCUT2D eigenvalue weighted by Gasteiger charge is 2.78. The topological polar surface area (TPSA) is 26.3 Å². The summed E-state index contributed by atoms with van der Waals surface area (Å²) in [5, 5.41) is 0. The van der Waals surface area contributed by atoms with Crippen LogP contribution in [0.4, 0.5) is 0 Å². The Labute approximate surface area is 164 Å². The molecule has 4 unspecified atom stereocenters. The molecule has 0 N–H and O–H groups in total. The Morgan fingerprint density at radius 3 is 2.81 bits per heavy atom. The monoisotopic (exact) mass is 368 g/mol. The van der Waals surface area contributed by atoms with E-state index < -0.39 is 0 Å². The van der Waals surface area contributed by atoms with Crippen molar-refractivity contribution in [2.75, 3.05) is 6.61 Å². The third kappa shape index (κ3) is 1.99. The van der Waals surface area contributed by atoms with E-state index >= 15 is 0 Å². The molecule has 0 radical (unpaired) electrons. The van der Waals surface area contributed by atoms with Crippen LogP contribution in [0.2, 0.25) is 0 Å². The second kappa shape index (κ2) is 5.71. The highest BCUT2D eigenvalue weighted by atomic mass is 16.5. The lowest BCUT2D eigenvalue weighted by atomic mass is 9.45. The van der Waals surface area contributed by atoms with Gasteiger partial charge in [-0.05, 0) is 98.9 Å². The second-order valence-corrected chi connectivity index (χ2v) is 10.9. The van der Waals surface area contributed by atoms with Crippen LogP contribution in [0.3, 0.4) is 0 Å². The summed E-state index contributed by atoms with van der Waals surface area (Å²) in [4.78, 5) is 12.1. The summed E-state index contributed by atoms with van der Waals surface area (Å²) < 4.78 is 6.73. The van der Waals surface area contributed by atoms with E-state index in [0.717, 1.165) is 60.9 Å². The van der Waals surface area contributed by atoms with Gasteiger partial charge in [0.1, 0.15) is 0 Å². The maximum Gasteiger partial charge on any atom is 0.155 e. The smallest absolute Gasteiger partial charge is 0.155 e. The van der Waals surface area contributed by atoms with E-state index in [1.54, 1.807) is 5.57 Å². The van der Waals surface area contributed by atoms with Crippen molar-refractivity contribution in [3.8, 4) is 0 Å². The first kappa shape index (κ1) is 17.2. The molecule has 0 amide bonds. The number of allylic oxidation sites excluding steroid dienone is 1. The van der Waals surface area contributed by atoms with Gasteiger partial charge in [0.25, 0.3) is 0 Å². The van der Waals surface area contributed by atoms with E-state index in [1.165, 1.54) is 51.4 Å². The van der Waals surface area contributed by atoms with Crippen LogP contribution in [0, 0.1) is 46.8 Å². The summed E-state index contributed by atoms with van der Waals surface area (Å²) in [5.74, 6) is 6.43. The number of fused-ring (bicyclic) bond motifs is 9. The molecule has 1 saturated heterocycles. The fourth-order valence-corrected chi connectivity index (χ4v) is 9.72. The Balaban J connectivity index is 1.43. The Bertz CT molecular complexity index is 686. The molecule has 148 valence electrons. The summed E-state index contributed by atoms with van der Waals surface area (Å²) in [6.07, 6.45) is 14.7. The van der Waals surface area contributed by atoms with E-state index in [-0.39, 0.29) is 5.60 Å². The maximum atomic E-state index is 12.1. The lowest BCUT2D eigenvalue weighted by Gasteiger charge is -2.60. The third-order valence-electron chi connectivity index (χ3n) is 10.5. The van der Waals surface area contributed by atoms with Gasteiger partial charge in [0.15, 0.2) is 5.78 Å². The van der Waals surface area contributed by atoms with Gasteiger partial charge in [-0.2, -0.15) is 0 Å². The summed E-state index contributed by atoms with van der Waals surface area (Å²) in [7, 11) is 0. The van der Waals surface area contributed by atoms with Crippen molar-refractivity contribution >= 4 is 5.78 Å². The van der Waals surface area contributed by atoms with Crippen LogP contribution in [0.5, 0.6) is 0 Å². The van der Waals surface area contributed by atoms with Gasteiger partial charge in [0.05, 0.1) is 5.60 Å². The average molecular weight is 369 g/mol. The molecule has 27 heavy (non-hydrogen) atoms. The van der Waals surface area contributed by atoms with Crippen LogP contribution < -0.4 is 0 Å². The molecule has 6 rings (SSSR count). The molecule has 0 aromatic rings. The van der Waals surface area contributed by atoms with Crippen LogP contribution in [0.25, 0.3) is 0 Å². The molecular formula is C25H36O2. The molecule has 0 aromatic carbocycles. The molecule has 9 atom stereocenters. The quantitative estimate of drug-likeness (QED) is 0.638. The first-order valence-corrected chi connectivity index (χ1v) is 12.0. The molecule has 4 saturated carbocycles. The minimum Gasteiger partial charge on any atom is -0.374 e. The molecule has 5 fully saturated rings. The van der Waals surface area contributed by atoms with Crippen LogP contribution >= 0.6 is 0 Å². The Morgan fingerprint density at radius 2 is 2.07 bits per heavy atom. The van der Waals surface area contributed by atoms with Gasteiger partial charge in [-0.3, -0.25) is 4.79 Å². The molecule has 0 aromatic heterocycles. The summed E-state index contributed by atoms with van der Waals surface area (Å²) in [6, 6.07) is 0. The molecule has 1 heterocycles. The molecule has 0 bridgehead atoms. The molecular weight excluding hydrogens is 332 g/mol. The van der Waals surface area contributed by atoms with Gasteiger partial charge in [0, 0.05) is 18.4 Å². The zero-order valence-corrected chi connectivity index (χ0v) is 17.2. The van der Waals surface area contributed by atoms with Crippen LogP contribution in [0.1, 0.15) is 78.1 Å². The third-order valence-corrected chi connectivity index (χ3v) is 10.5. The molecule has 6 aliphatic rings. The lowest BCUT2D eigenvalue weighted by molar-refractivity contribution is -0.166. The van der Waals surface area contributed by atoms with E-state index in [4.69, 9.17) is 4.74 Å². The highest BCUT2D eigenvalue weighted by molar-refractivity contribution is 5.91. The number of hydrogen-bond donors (Lipinski definition) is 0. The number of ether oxygens (including phenoxy) is 1. The Hall–Kier alpha value is -0.630. The fourth-order valence-electron chi connectivity index (χ4n) is 9.72. The molecule has 2 nitrogen and oxygen atoms in total. The van der Waals surface area contributed by atoms with Gasteiger partial charge in [-0.25, -0.2) is 0 Å². The van der Waals surface area contributed by atoms with E-state index in [2.05, 4.69) is 19.9 Å². The number of ketones is 1. The number of carbonyl (C=O) groups is 1. The van der Waals surface area contributed by atoms with Crippen LogP contribution in [-0.4, -0.2) is 18.0 Å². The second-order valence-electron chi connectivity index (χ2n) is 10.9. The van der Waals surface area contributed by atoms with Gasteiger partial charge >= 0.3 is 0 Å². The van der Waals surface area contributed by atoms with Crippen molar-refractivity contribution in [3.63, 3.8) is 0 Å². The first-order valence-electron chi connectivity index (χ1n) is 12.0. The number of carbonyl (C=O) groups excluding carboxylic acids is 1. The molecule has 2 heteroatoms. The van der Waals surface area contributed by atoms with E-state index in [0.29, 0.717) is 11.2 Å². The lowest BCUT2D eigenvalue weighted by Crippen LogP contribution is -2.57. The predicted octanol–water partition coefficient (Wildman–Crippen LogP) is 5.56. The Kier molecular flexibility index (Phi) is 3.65. The standard InChI is InChI=1S/C25H36O2/c1-3-15-12-16-13-17(26)6-7-18(16)19-8-10-24(4-2)23(22(15)19)20-14-21(20)25(24)9-5-11-27-25/h13,15,18-23H,3-12,14H2,1-2H3/t15?,18-,19?,20+,21-,22?,23?,24-,25-/m0/s1. The highest BCUT2D eigenvalue weighted by Crippen LogP contribution is 2.79. The minimum atomic E-state index is 0.249. The fraction of sp³-hybridized carbons (Fsp3) is 0.880. The predicted molar refractivity (Wildman–Crippen MR) is 106 cm³/mol. The van der Waals surface area contributed by atoms with Crippen molar-refractivity contribution in [3.05, 3.63) is 11.6 Å². The zero-order valence-electron chi connectivity index (χ0n) is 17.2. The van der Waals surface area contributed by atoms with Gasteiger partial charge in [0.2, 0.25) is 0 Å². The van der Waals surface area contributed by atoms with Crippen molar-refractivity contribution in [2.24, 2.45) is 46.8 Å².